The van der Waals surface area contributed by atoms with Crippen molar-refractivity contribution in [3.05, 3.63) is 71.3 Å². The number of guanidine groups is 1. The van der Waals surface area contributed by atoms with Gasteiger partial charge in [-0.25, -0.2) is 0 Å². The van der Waals surface area contributed by atoms with E-state index >= 15 is 0 Å². The molecule has 0 saturated heterocycles. The molecule has 0 saturated carbocycles. The van der Waals surface area contributed by atoms with Crippen LogP contribution in [0.15, 0.2) is 59.6 Å². The molecule has 2 aromatic rings. The first kappa shape index (κ1) is 19.2. The van der Waals surface area contributed by atoms with E-state index < -0.39 is 10.8 Å². The molecule has 0 amide bonds. The fraction of sp³-hybridized carbons (Fsp3) is 0.350. The van der Waals surface area contributed by atoms with Gasteiger partial charge in [0.1, 0.15) is 0 Å². The van der Waals surface area contributed by atoms with E-state index in [0.29, 0.717) is 18.1 Å². The Morgan fingerprint density at radius 3 is 2.48 bits per heavy atom. The molecule has 4 nitrogen and oxygen atoms in total. The molecular weight excluding hydrogens is 330 g/mol. The number of rotatable bonds is 7. The van der Waals surface area contributed by atoms with E-state index in [0.717, 1.165) is 18.1 Å². The quantitative estimate of drug-likeness (QED) is 0.612. The Bertz CT molecular complexity index is 716. The van der Waals surface area contributed by atoms with Gasteiger partial charge in [0.2, 0.25) is 0 Å². The van der Waals surface area contributed by atoms with E-state index in [4.69, 9.17) is 0 Å². The highest BCUT2D eigenvalue weighted by atomic mass is 32.2. The number of hydrogen-bond donors (Lipinski definition) is 1. The molecular formula is C20H27N3OS. The molecule has 0 fully saturated rings. The summed E-state index contributed by atoms with van der Waals surface area (Å²) in [6, 6.07) is 18.3. The zero-order valence-corrected chi connectivity index (χ0v) is 16.1. The average Bonchev–Trinajstić information content (AvgIpc) is 2.61. The predicted octanol–water partition coefficient (Wildman–Crippen LogP) is 2.95. The summed E-state index contributed by atoms with van der Waals surface area (Å²) in [6.07, 6.45) is 0. The lowest BCUT2D eigenvalue weighted by atomic mass is 10.1. The Hall–Kier alpha value is -2.14. The molecule has 0 bridgehead atoms. The minimum atomic E-state index is -0.880. The van der Waals surface area contributed by atoms with Crippen molar-refractivity contribution < 1.29 is 4.21 Å². The first-order chi connectivity index (χ1) is 12.1. The van der Waals surface area contributed by atoms with Gasteiger partial charge in [-0.05, 0) is 23.6 Å². The molecule has 0 aliphatic heterocycles. The topological polar surface area (TPSA) is 44.7 Å². The second-order valence-electron chi connectivity index (χ2n) is 6.03. The number of benzene rings is 2. The molecule has 25 heavy (non-hydrogen) atoms. The maximum absolute atomic E-state index is 12.2. The van der Waals surface area contributed by atoms with Crippen molar-refractivity contribution in [2.24, 2.45) is 4.99 Å². The monoisotopic (exact) mass is 357 g/mol. The van der Waals surface area contributed by atoms with Crippen LogP contribution in [0.1, 0.15) is 16.7 Å². The highest BCUT2D eigenvalue weighted by molar-refractivity contribution is 7.84. The first-order valence-corrected chi connectivity index (χ1v) is 9.94. The largest absolute Gasteiger partial charge is 0.355 e. The third-order valence-corrected chi connectivity index (χ3v) is 5.34. The van der Waals surface area contributed by atoms with Gasteiger partial charge in [0.15, 0.2) is 5.96 Å². The van der Waals surface area contributed by atoms with E-state index in [2.05, 4.69) is 40.3 Å². The zero-order valence-electron chi connectivity index (χ0n) is 15.2. The summed E-state index contributed by atoms with van der Waals surface area (Å²) in [5, 5.41) is 3.31. The van der Waals surface area contributed by atoms with Crippen LogP contribution in [0.2, 0.25) is 0 Å². The summed E-state index contributed by atoms with van der Waals surface area (Å²) in [4.78, 5) is 6.41. The molecule has 2 rings (SSSR count). The molecule has 0 aromatic heterocycles. The second kappa shape index (κ2) is 9.99. The highest BCUT2D eigenvalue weighted by Crippen LogP contribution is 2.09. The van der Waals surface area contributed by atoms with Crippen molar-refractivity contribution in [1.29, 1.82) is 0 Å². The van der Waals surface area contributed by atoms with Gasteiger partial charge in [-0.3, -0.25) is 9.20 Å². The second-order valence-corrected chi connectivity index (χ2v) is 7.61. The lowest BCUT2D eigenvalue weighted by molar-refractivity contribution is 0.478. The molecule has 134 valence electrons. The lowest BCUT2D eigenvalue weighted by Gasteiger charge is -2.23. The third kappa shape index (κ3) is 6.35. The van der Waals surface area contributed by atoms with Crippen LogP contribution in [0.5, 0.6) is 0 Å². The van der Waals surface area contributed by atoms with E-state index in [1.165, 1.54) is 11.1 Å². The van der Waals surface area contributed by atoms with Crippen LogP contribution in [-0.2, 0) is 23.1 Å². The van der Waals surface area contributed by atoms with E-state index in [1.807, 2.05) is 43.4 Å². The van der Waals surface area contributed by atoms with Crippen molar-refractivity contribution in [3.63, 3.8) is 0 Å². The van der Waals surface area contributed by atoms with E-state index in [9.17, 15) is 4.21 Å². The van der Waals surface area contributed by atoms with Crippen LogP contribution in [0.4, 0.5) is 0 Å². The molecule has 1 atom stereocenters. The van der Waals surface area contributed by atoms with Crippen molar-refractivity contribution in [1.82, 2.24) is 10.2 Å². The number of aliphatic imine (C=N–C) groups is 1. The predicted molar refractivity (Wildman–Crippen MR) is 107 cm³/mol. The molecule has 1 unspecified atom stereocenters. The number of nitrogens with one attached hydrogen (secondary N) is 1. The molecule has 0 aliphatic rings. The molecule has 5 heteroatoms. The lowest BCUT2D eigenvalue weighted by Crippen LogP contribution is -2.40. The Kier molecular flexibility index (Phi) is 7.67. The molecule has 0 radical (unpaired) electrons. The maximum Gasteiger partial charge on any atom is 0.193 e. The van der Waals surface area contributed by atoms with Gasteiger partial charge in [0, 0.05) is 49.5 Å². The number of aryl methyl sites for hydroxylation is 1. The minimum absolute atomic E-state index is 0.597. The summed E-state index contributed by atoms with van der Waals surface area (Å²) in [5.41, 5.74) is 3.66. The van der Waals surface area contributed by atoms with Gasteiger partial charge in [-0.2, -0.15) is 0 Å². The Morgan fingerprint density at radius 1 is 1.12 bits per heavy atom. The Balaban J connectivity index is 1.80. The molecule has 0 spiro atoms. The van der Waals surface area contributed by atoms with Crippen LogP contribution in [-0.4, -0.2) is 41.5 Å². The third-order valence-electron chi connectivity index (χ3n) is 4.03. The van der Waals surface area contributed by atoms with Gasteiger partial charge in [-0.1, -0.05) is 54.6 Å². The van der Waals surface area contributed by atoms with Crippen LogP contribution in [0, 0.1) is 6.92 Å². The summed E-state index contributed by atoms with van der Waals surface area (Å²) < 4.78 is 12.2. The van der Waals surface area contributed by atoms with Crippen LogP contribution in [0.25, 0.3) is 0 Å². The van der Waals surface area contributed by atoms with Crippen LogP contribution >= 0.6 is 0 Å². The maximum atomic E-state index is 12.2. The summed E-state index contributed by atoms with van der Waals surface area (Å²) in [5.74, 6) is 2.02. The average molecular weight is 358 g/mol. The van der Waals surface area contributed by atoms with Gasteiger partial charge < -0.3 is 10.2 Å². The summed E-state index contributed by atoms with van der Waals surface area (Å²) >= 11 is 0. The first-order valence-electron chi connectivity index (χ1n) is 8.45. The molecule has 2 aromatic carbocycles. The van der Waals surface area contributed by atoms with Crippen LogP contribution < -0.4 is 5.32 Å². The smallest absolute Gasteiger partial charge is 0.193 e. The normalized spacial score (nSPS) is 12.7. The van der Waals surface area contributed by atoms with Crippen LogP contribution in [0.3, 0.4) is 0 Å². The van der Waals surface area contributed by atoms with E-state index in [1.54, 1.807) is 7.05 Å². The molecule has 1 N–H and O–H groups in total. The van der Waals surface area contributed by atoms with Gasteiger partial charge in [0.25, 0.3) is 0 Å². The Labute approximate surface area is 153 Å². The zero-order chi connectivity index (χ0) is 18.1. The number of hydrogen-bond acceptors (Lipinski definition) is 2. The van der Waals surface area contributed by atoms with E-state index in [-0.39, 0.29) is 0 Å². The van der Waals surface area contributed by atoms with Crippen molar-refractivity contribution in [2.75, 3.05) is 26.4 Å². The summed E-state index contributed by atoms with van der Waals surface area (Å²) in [6.45, 7) is 3.55. The van der Waals surface area contributed by atoms with Crippen molar-refractivity contribution >= 4 is 16.8 Å². The fourth-order valence-corrected chi connectivity index (χ4v) is 3.65. The van der Waals surface area contributed by atoms with Crippen molar-refractivity contribution in [2.45, 2.75) is 19.2 Å². The van der Waals surface area contributed by atoms with Gasteiger partial charge in [0.05, 0.1) is 0 Å². The molecule has 0 aliphatic carbocycles. The minimum Gasteiger partial charge on any atom is -0.355 e. The molecule has 0 heterocycles. The Morgan fingerprint density at radius 2 is 1.80 bits per heavy atom. The fourth-order valence-electron chi connectivity index (χ4n) is 2.61. The standard InChI is InChI=1S/C20H27N3OS/c1-17-9-7-8-12-19(17)15-23(3)20(21-2)22-13-14-25(24)16-18-10-5-4-6-11-18/h4-12H,13-16H2,1-3H3,(H,21,22). The van der Waals surface area contributed by atoms with Crippen molar-refractivity contribution in [3.8, 4) is 0 Å². The van der Waals surface area contributed by atoms with Gasteiger partial charge >= 0.3 is 0 Å². The SMILES string of the molecule is CN=C(NCCS(=O)Cc1ccccc1)N(C)Cc1ccccc1C. The van der Waals surface area contributed by atoms with Gasteiger partial charge in [-0.15, -0.1) is 0 Å². The highest BCUT2D eigenvalue weighted by Gasteiger charge is 2.08. The summed E-state index contributed by atoms with van der Waals surface area (Å²) in [7, 11) is 2.91. The number of nitrogens with zero attached hydrogens (tertiary/aromatic N) is 2.